The van der Waals surface area contributed by atoms with Crippen molar-refractivity contribution in [3.63, 3.8) is 0 Å². The van der Waals surface area contributed by atoms with Gasteiger partial charge in [0.2, 0.25) is 23.6 Å². The second-order valence-corrected chi connectivity index (χ2v) is 14.6. The molecule has 324 valence electrons. The molecule has 2 unspecified atom stereocenters. The van der Waals surface area contributed by atoms with Crippen LogP contribution in [0, 0.1) is 17.8 Å². The number of allylic oxidation sites excluding steroid dienone is 3. The molecule has 1 aromatic carbocycles. The van der Waals surface area contributed by atoms with Gasteiger partial charge in [-0.05, 0) is 45.1 Å². The standard InChI is InChI=1S/C41H60N8O10/c1-8-31-38(54)48-34(40(57)58)26(5)36(52)46-29(15-12-20-44-41(42)43)37(53)45-28(25(4)35(51)47-30(39(55)56)18-19-33(50)49(31)6)17-16-23(2)21-24(3)32(59-7)22-27-13-10-9-11-14-27/h8-11,13-14,16-17,21,24-26,28-30,32,34H,12,15,18-20,22H2,1-7H3,(H,45,53)(H,46,52)(H,47,51)(H,48,54)(H,55,56)(H,57,58)(H4,42,43,44)/b17-16+,23-21+,31-8-/t24?,25-,26-,28-,29-,30+,32?,34-/m0/s1. The van der Waals surface area contributed by atoms with Gasteiger partial charge in [-0.2, -0.15) is 0 Å². The zero-order valence-corrected chi connectivity index (χ0v) is 34.8. The van der Waals surface area contributed by atoms with Crippen molar-refractivity contribution < 1.29 is 48.5 Å². The fourth-order valence-electron chi connectivity index (χ4n) is 6.38. The normalized spacial score (nSPS) is 25.1. The highest BCUT2D eigenvalue weighted by atomic mass is 16.5. The van der Waals surface area contributed by atoms with Crippen molar-refractivity contribution in [2.75, 3.05) is 20.7 Å². The van der Waals surface area contributed by atoms with E-state index in [0.29, 0.717) is 6.42 Å². The summed E-state index contributed by atoms with van der Waals surface area (Å²) >= 11 is 0. The Morgan fingerprint density at radius 1 is 0.966 bits per heavy atom. The summed E-state index contributed by atoms with van der Waals surface area (Å²) in [4.78, 5) is 97.5. The Bertz CT molecular complexity index is 1780. The minimum absolute atomic E-state index is 0.0326. The number of likely N-dealkylation sites (N-methyl/N-ethyl adjacent to an activating group) is 1. The molecular formula is C41H60N8O10. The van der Waals surface area contributed by atoms with Gasteiger partial charge in [-0.1, -0.05) is 81.0 Å². The maximum Gasteiger partial charge on any atom is 0.327 e. The Morgan fingerprint density at radius 2 is 1.61 bits per heavy atom. The molecule has 18 heteroatoms. The largest absolute Gasteiger partial charge is 0.480 e. The molecule has 1 saturated heterocycles. The fraction of sp³-hybridized carbons (Fsp3) is 0.512. The van der Waals surface area contributed by atoms with Gasteiger partial charge >= 0.3 is 11.9 Å². The zero-order valence-electron chi connectivity index (χ0n) is 34.8. The molecule has 59 heavy (non-hydrogen) atoms. The first-order valence-corrected chi connectivity index (χ1v) is 19.4. The van der Waals surface area contributed by atoms with Gasteiger partial charge in [-0.3, -0.25) is 29.0 Å². The van der Waals surface area contributed by atoms with Crippen LogP contribution in [0.15, 0.2) is 70.9 Å². The number of hydrogen-bond acceptors (Lipinski definition) is 9. The third-order valence-electron chi connectivity index (χ3n) is 10.1. The number of nitrogens with two attached hydrogens (primary N) is 2. The van der Waals surface area contributed by atoms with Gasteiger partial charge in [0, 0.05) is 33.0 Å². The topological polar surface area (TPSA) is 285 Å². The molecule has 1 aliphatic heterocycles. The number of amides is 5. The lowest BCUT2D eigenvalue weighted by molar-refractivity contribution is -0.146. The number of hydrogen-bond donors (Lipinski definition) is 8. The molecule has 0 saturated carbocycles. The summed E-state index contributed by atoms with van der Waals surface area (Å²) in [7, 11) is 2.88. The maximum absolute atomic E-state index is 14.1. The third-order valence-corrected chi connectivity index (χ3v) is 10.1. The molecule has 0 spiro atoms. The summed E-state index contributed by atoms with van der Waals surface area (Å²) in [6.45, 7) is 8.07. The summed E-state index contributed by atoms with van der Waals surface area (Å²) in [5.74, 6) is -9.91. The Balaban J connectivity index is 2.63. The highest BCUT2D eigenvalue weighted by Gasteiger charge is 2.36. The van der Waals surface area contributed by atoms with Crippen LogP contribution in [-0.2, 0) is 44.7 Å². The summed E-state index contributed by atoms with van der Waals surface area (Å²) in [5, 5.41) is 30.2. The van der Waals surface area contributed by atoms with Crippen LogP contribution in [0.2, 0.25) is 0 Å². The molecule has 0 aromatic heterocycles. The fourth-order valence-corrected chi connectivity index (χ4v) is 6.38. The number of carbonyl (C=O) groups excluding carboxylic acids is 5. The van der Waals surface area contributed by atoms with E-state index >= 15 is 0 Å². The summed E-state index contributed by atoms with van der Waals surface area (Å²) in [6, 6.07) is 4.12. The highest BCUT2D eigenvalue weighted by molar-refractivity contribution is 6.00. The smallest absolute Gasteiger partial charge is 0.327 e. The number of carboxylic acid groups (broad SMARTS) is 2. The van der Waals surface area contributed by atoms with E-state index in [4.69, 9.17) is 16.2 Å². The molecule has 1 aromatic rings. The van der Waals surface area contributed by atoms with Crippen LogP contribution in [0.25, 0.3) is 0 Å². The van der Waals surface area contributed by atoms with E-state index in [1.54, 1.807) is 19.3 Å². The van der Waals surface area contributed by atoms with Gasteiger partial charge in [0.15, 0.2) is 5.96 Å². The van der Waals surface area contributed by atoms with Crippen molar-refractivity contribution in [3.05, 3.63) is 71.5 Å². The first-order valence-electron chi connectivity index (χ1n) is 19.4. The van der Waals surface area contributed by atoms with Gasteiger partial charge in [0.05, 0.1) is 24.0 Å². The van der Waals surface area contributed by atoms with Gasteiger partial charge in [-0.15, -0.1) is 0 Å². The molecule has 5 amide bonds. The summed E-state index contributed by atoms with van der Waals surface area (Å²) in [5.41, 5.74) is 12.5. The Morgan fingerprint density at radius 3 is 2.19 bits per heavy atom. The average molecular weight is 825 g/mol. The van der Waals surface area contributed by atoms with Gasteiger partial charge in [-0.25, -0.2) is 9.59 Å². The molecule has 0 radical (unpaired) electrons. The van der Waals surface area contributed by atoms with Crippen LogP contribution < -0.4 is 32.7 Å². The van der Waals surface area contributed by atoms with Crippen molar-refractivity contribution in [2.45, 2.75) is 97.0 Å². The quantitative estimate of drug-likeness (QED) is 0.0454. The molecule has 8 atom stereocenters. The van der Waals surface area contributed by atoms with E-state index in [1.807, 2.05) is 50.3 Å². The maximum atomic E-state index is 14.1. The SMILES string of the molecule is C/C=C1/C(=O)N[C@H](C(=O)O)[C@H](C)C(=O)N[C@@H](CCCN=C(N)N)C(=O)N[C@@H](/C=C/C(C)=C/C(C)C(Cc2ccccc2)OC)[C@H](C)C(=O)N[C@@H](C(=O)O)CCC(=O)N1C. The number of methoxy groups -OCH3 is 1. The van der Waals surface area contributed by atoms with Crippen LogP contribution in [0.4, 0.5) is 0 Å². The van der Waals surface area contributed by atoms with Gasteiger partial charge in [0.25, 0.3) is 5.91 Å². The number of carbonyl (C=O) groups is 7. The minimum Gasteiger partial charge on any atom is -0.480 e. The minimum atomic E-state index is -1.80. The lowest BCUT2D eigenvalue weighted by atomic mass is 9.94. The first-order chi connectivity index (χ1) is 27.8. The number of guanidine groups is 1. The second kappa shape index (κ2) is 24.0. The van der Waals surface area contributed by atoms with Crippen LogP contribution in [0.1, 0.15) is 65.9 Å². The Labute approximate surface area is 344 Å². The van der Waals surface area contributed by atoms with Crippen molar-refractivity contribution in [3.8, 4) is 0 Å². The molecule has 2 rings (SSSR count). The molecular weight excluding hydrogens is 764 g/mol. The lowest BCUT2D eigenvalue weighted by Gasteiger charge is -2.28. The number of carboxylic acids is 2. The first kappa shape index (κ1) is 49.1. The molecule has 1 fully saturated rings. The monoisotopic (exact) mass is 824 g/mol. The average Bonchev–Trinajstić information content (AvgIpc) is 3.19. The van der Waals surface area contributed by atoms with Gasteiger partial charge < -0.3 is 52.6 Å². The summed E-state index contributed by atoms with van der Waals surface area (Å²) in [6.07, 6.45) is 6.35. The van der Waals surface area contributed by atoms with Crippen molar-refractivity contribution in [1.29, 1.82) is 0 Å². The number of ether oxygens (including phenoxy) is 1. The van der Waals surface area contributed by atoms with Crippen molar-refractivity contribution in [1.82, 2.24) is 26.2 Å². The van der Waals surface area contributed by atoms with Crippen LogP contribution in [0.3, 0.4) is 0 Å². The predicted molar refractivity (Wildman–Crippen MR) is 220 cm³/mol. The lowest BCUT2D eigenvalue weighted by Crippen LogP contribution is -2.56. The number of benzene rings is 1. The van der Waals surface area contributed by atoms with Crippen LogP contribution in [0.5, 0.6) is 0 Å². The van der Waals surface area contributed by atoms with E-state index < -0.39 is 83.9 Å². The highest BCUT2D eigenvalue weighted by Crippen LogP contribution is 2.19. The van der Waals surface area contributed by atoms with Crippen LogP contribution >= 0.6 is 0 Å². The van der Waals surface area contributed by atoms with E-state index in [9.17, 15) is 43.8 Å². The molecule has 1 aliphatic rings. The van der Waals surface area contributed by atoms with Crippen molar-refractivity contribution >= 4 is 47.4 Å². The van der Waals surface area contributed by atoms with Crippen LogP contribution in [-0.4, -0.2) is 114 Å². The molecule has 18 nitrogen and oxygen atoms in total. The number of aliphatic imine (C=N–C) groups is 1. The second-order valence-electron chi connectivity index (χ2n) is 14.6. The van der Waals surface area contributed by atoms with E-state index in [-0.39, 0.29) is 49.5 Å². The van der Waals surface area contributed by atoms with E-state index in [2.05, 4.69) is 26.3 Å². The third kappa shape index (κ3) is 15.7. The molecule has 0 bridgehead atoms. The molecule has 0 aliphatic carbocycles. The summed E-state index contributed by atoms with van der Waals surface area (Å²) < 4.78 is 5.79. The van der Waals surface area contributed by atoms with E-state index in [1.165, 1.54) is 33.9 Å². The van der Waals surface area contributed by atoms with Crippen molar-refractivity contribution in [2.24, 2.45) is 34.2 Å². The van der Waals surface area contributed by atoms with E-state index in [0.717, 1.165) is 16.0 Å². The predicted octanol–water partition coefficient (Wildman–Crippen LogP) is 0.973. The molecule has 1 heterocycles. The molecule has 10 N–H and O–H groups in total. The number of aliphatic carboxylic acids is 2. The zero-order chi connectivity index (χ0) is 44.4. The number of nitrogens with zero attached hydrogens (tertiary/aromatic N) is 2. The van der Waals surface area contributed by atoms with Gasteiger partial charge in [0.1, 0.15) is 23.8 Å². The Hall–Kier alpha value is -6.04. The number of rotatable bonds is 13. The Kier molecular flexibility index (Phi) is 20.0. The number of nitrogens with one attached hydrogen (secondary N) is 4.